The Morgan fingerprint density at radius 3 is 2.74 bits per heavy atom. The third-order valence-corrected chi connectivity index (χ3v) is 6.67. The molecule has 2 unspecified atom stereocenters. The summed E-state index contributed by atoms with van der Waals surface area (Å²) in [6.45, 7) is 11.8. The maximum absolute atomic E-state index is 9.30. The van der Waals surface area contributed by atoms with Crippen LogP contribution in [0.4, 0.5) is 0 Å². The molecule has 2 atom stereocenters. The van der Waals surface area contributed by atoms with Gasteiger partial charge in [0.2, 0.25) is 0 Å². The number of ether oxygens (including phenoxy) is 2. The first-order valence-electron chi connectivity index (χ1n) is 14.7. The number of hydrazone groups is 1. The molecule has 3 aliphatic rings. The lowest BCUT2D eigenvalue weighted by Crippen LogP contribution is -2.41. The van der Waals surface area contributed by atoms with E-state index in [4.69, 9.17) is 47.6 Å². The molecule has 1 saturated heterocycles. The number of hydrogen-bond acceptors (Lipinski definition) is 9. The van der Waals surface area contributed by atoms with Crippen molar-refractivity contribution in [3.8, 4) is 17.6 Å². The highest BCUT2D eigenvalue weighted by Gasteiger charge is 2.22. The second-order valence-corrected chi connectivity index (χ2v) is 11.7. The van der Waals surface area contributed by atoms with E-state index in [1.54, 1.807) is 42.5 Å². The molecule has 2 aliphatic heterocycles. The molecule has 0 saturated carbocycles. The number of hydroxylamine groups is 1. The number of benzene rings is 1. The van der Waals surface area contributed by atoms with Crippen molar-refractivity contribution < 1.29 is 14.3 Å². The van der Waals surface area contributed by atoms with E-state index in [-0.39, 0.29) is 11.8 Å². The van der Waals surface area contributed by atoms with Gasteiger partial charge >= 0.3 is 0 Å². The van der Waals surface area contributed by atoms with Crippen LogP contribution in [0.25, 0.3) is 0 Å². The van der Waals surface area contributed by atoms with Crippen LogP contribution >= 0.6 is 23.2 Å². The minimum absolute atomic E-state index is 0.118. The number of nitrogens with zero attached hydrogens (tertiary/aromatic N) is 4. The summed E-state index contributed by atoms with van der Waals surface area (Å²) in [6.07, 6.45) is 14.2. The van der Waals surface area contributed by atoms with Crippen molar-refractivity contribution in [3.05, 3.63) is 71.0 Å². The van der Waals surface area contributed by atoms with E-state index >= 15 is 0 Å². The third-order valence-electron chi connectivity index (χ3n) is 6.08. The summed E-state index contributed by atoms with van der Waals surface area (Å²) in [5, 5.41) is 19.6. The van der Waals surface area contributed by atoms with Crippen molar-refractivity contribution in [2.75, 3.05) is 19.8 Å². The Labute approximate surface area is 265 Å². The predicted molar refractivity (Wildman–Crippen MR) is 174 cm³/mol. The number of amidine groups is 1. The van der Waals surface area contributed by atoms with Gasteiger partial charge in [-0.2, -0.15) is 15.8 Å². The van der Waals surface area contributed by atoms with E-state index in [1.165, 1.54) is 0 Å². The van der Waals surface area contributed by atoms with E-state index in [0.29, 0.717) is 47.5 Å². The monoisotopic (exact) mass is 628 g/mol. The first-order chi connectivity index (χ1) is 20.7. The number of halogens is 2. The zero-order valence-corrected chi connectivity index (χ0v) is 27.1. The maximum Gasteiger partial charge on any atom is 0.150 e. The SMILES string of the molecule is CC.CC(C)(C)NC1=N/CN(C2CCCCO2)/N=C(/CNOc2ccc(Cl)c(OC3=CC(Cl)C=CC(C#N)=C3)c2)C/C=C\1. The van der Waals surface area contributed by atoms with Crippen LogP contribution in [0, 0.1) is 11.3 Å². The van der Waals surface area contributed by atoms with Crippen LogP contribution in [0.15, 0.2) is 76.1 Å². The molecule has 0 aromatic heterocycles. The molecule has 1 aromatic carbocycles. The van der Waals surface area contributed by atoms with E-state index < -0.39 is 5.38 Å². The first kappa shape index (κ1) is 34.2. The fourth-order valence-corrected chi connectivity index (χ4v) is 4.55. The van der Waals surface area contributed by atoms with Crippen LogP contribution in [0.1, 0.15) is 60.3 Å². The molecule has 9 nitrogen and oxygen atoms in total. The van der Waals surface area contributed by atoms with Gasteiger partial charge in [-0.1, -0.05) is 37.6 Å². The number of alkyl halides is 1. The molecule has 2 heterocycles. The van der Waals surface area contributed by atoms with Gasteiger partial charge in [-0.3, -0.25) is 0 Å². The van der Waals surface area contributed by atoms with Crippen LogP contribution < -0.4 is 20.4 Å². The molecule has 0 radical (unpaired) electrons. The molecular formula is C32H42Cl2N6O3. The number of aliphatic imine (C=N–C) groups is 1. The number of rotatable bonds is 7. The molecule has 2 N–H and O–H groups in total. The van der Waals surface area contributed by atoms with Crippen LogP contribution in [0.3, 0.4) is 0 Å². The summed E-state index contributed by atoms with van der Waals surface area (Å²) in [5.41, 5.74) is 4.19. The summed E-state index contributed by atoms with van der Waals surface area (Å²) < 4.78 is 12.0. The van der Waals surface area contributed by atoms with Crippen molar-refractivity contribution >= 4 is 34.7 Å². The average Bonchev–Trinajstić information content (AvgIpc) is 3.10. The van der Waals surface area contributed by atoms with Gasteiger partial charge in [0.05, 0.1) is 34.3 Å². The van der Waals surface area contributed by atoms with Crippen LogP contribution in [0.5, 0.6) is 11.5 Å². The lowest BCUT2D eigenvalue weighted by atomic mass is 10.1. The van der Waals surface area contributed by atoms with Crippen molar-refractivity contribution in [1.82, 2.24) is 15.8 Å². The standard InChI is InChI=1S/C30H36Cl2N6O3.C2H6/c1-30(2,3)36-28-8-6-7-23(37-38(20-34-28)29-9-4-5-14-39-29)19-35-41-24-12-13-26(32)27(17-24)40-25-15-21(18-33)10-11-22(31)16-25;1-2/h6,8,10-13,15-17,22,29,35H,4-5,7,9,14,19-20H2,1-3H3,(H,34,36);1-2H3/b8-6-,37-23+;. The number of allylic oxidation sites excluding steroid dienone is 6. The van der Waals surface area contributed by atoms with Gasteiger partial charge in [0, 0.05) is 24.6 Å². The second kappa shape index (κ2) is 17.1. The van der Waals surface area contributed by atoms with E-state index in [0.717, 1.165) is 37.4 Å². The Bertz CT molecular complexity index is 1300. The average molecular weight is 630 g/mol. The molecule has 4 rings (SSSR count). The van der Waals surface area contributed by atoms with Gasteiger partial charge < -0.3 is 19.6 Å². The molecule has 0 amide bonds. The molecule has 0 bridgehead atoms. The Morgan fingerprint density at radius 2 is 2.02 bits per heavy atom. The molecule has 1 aromatic rings. The second-order valence-electron chi connectivity index (χ2n) is 10.8. The molecule has 1 aliphatic carbocycles. The van der Waals surface area contributed by atoms with E-state index in [1.807, 2.05) is 31.0 Å². The third kappa shape index (κ3) is 11.7. The number of nitriles is 1. The molecular weight excluding hydrogens is 587 g/mol. The Hall–Kier alpha value is -3.29. The highest BCUT2D eigenvalue weighted by molar-refractivity contribution is 6.32. The molecule has 43 heavy (non-hydrogen) atoms. The Morgan fingerprint density at radius 1 is 1.21 bits per heavy atom. The van der Waals surface area contributed by atoms with Crippen molar-refractivity contribution in [2.24, 2.45) is 10.1 Å². The summed E-state index contributed by atoms with van der Waals surface area (Å²) in [5.74, 6) is 2.09. The lowest BCUT2D eigenvalue weighted by molar-refractivity contribution is -0.0843. The highest BCUT2D eigenvalue weighted by Crippen LogP contribution is 2.31. The van der Waals surface area contributed by atoms with Crippen LogP contribution in [-0.4, -0.2) is 53.5 Å². The zero-order chi connectivity index (χ0) is 31.2. The lowest BCUT2D eigenvalue weighted by Gasteiger charge is -2.31. The number of hydrogen-bond donors (Lipinski definition) is 2. The van der Waals surface area contributed by atoms with Crippen molar-refractivity contribution in [2.45, 2.75) is 77.4 Å². The Kier molecular flexibility index (Phi) is 13.6. The summed E-state index contributed by atoms with van der Waals surface area (Å²) in [6, 6.07) is 7.19. The Balaban J connectivity index is 0.00000248. The fourth-order valence-electron chi connectivity index (χ4n) is 4.19. The quantitative estimate of drug-likeness (QED) is 0.247. The topological polar surface area (TPSA) is 104 Å². The van der Waals surface area contributed by atoms with Gasteiger partial charge in [-0.25, -0.2) is 10.0 Å². The van der Waals surface area contributed by atoms with Crippen molar-refractivity contribution in [3.63, 3.8) is 0 Å². The maximum atomic E-state index is 9.30. The smallest absolute Gasteiger partial charge is 0.150 e. The van der Waals surface area contributed by atoms with Gasteiger partial charge in [0.1, 0.15) is 30.2 Å². The summed E-state index contributed by atoms with van der Waals surface area (Å²) in [4.78, 5) is 10.6. The van der Waals surface area contributed by atoms with E-state index in [2.05, 4.69) is 37.6 Å². The van der Waals surface area contributed by atoms with Crippen LogP contribution in [-0.2, 0) is 4.74 Å². The number of nitrogens with one attached hydrogen (secondary N) is 2. The first-order valence-corrected chi connectivity index (χ1v) is 15.5. The minimum atomic E-state index is -0.418. The largest absolute Gasteiger partial charge is 0.456 e. The van der Waals surface area contributed by atoms with Crippen molar-refractivity contribution in [1.29, 1.82) is 5.26 Å². The van der Waals surface area contributed by atoms with Gasteiger partial charge in [0.15, 0.2) is 5.75 Å². The summed E-state index contributed by atoms with van der Waals surface area (Å²) >= 11 is 12.6. The zero-order valence-electron chi connectivity index (χ0n) is 25.6. The van der Waals surface area contributed by atoms with Gasteiger partial charge in [0.25, 0.3) is 0 Å². The fraction of sp³-hybridized carbons (Fsp3) is 0.469. The van der Waals surface area contributed by atoms with Gasteiger partial charge in [-0.15, -0.1) is 11.6 Å². The minimum Gasteiger partial charge on any atom is -0.456 e. The molecule has 1 fully saturated rings. The summed E-state index contributed by atoms with van der Waals surface area (Å²) in [7, 11) is 0. The van der Waals surface area contributed by atoms with Crippen LogP contribution in [0.2, 0.25) is 5.02 Å². The molecule has 11 heteroatoms. The predicted octanol–water partition coefficient (Wildman–Crippen LogP) is 7.03. The van der Waals surface area contributed by atoms with Gasteiger partial charge in [-0.05, 0) is 76.5 Å². The normalized spacial score (nSPS) is 23.9. The van der Waals surface area contributed by atoms with E-state index in [9.17, 15) is 5.26 Å². The molecule has 0 spiro atoms. The highest BCUT2D eigenvalue weighted by atomic mass is 35.5. The molecule has 232 valence electrons.